The van der Waals surface area contributed by atoms with Crippen LogP contribution < -0.4 is 10.6 Å². The topological polar surface area (TPSA) is 24.1 Å². The van der Waals surface area contributed by atoms with Gasteiger partial charge in [0.1, 0.15) is 0 Å². The number of hydrogen-bond donors (Lipinski definition) is 2. The largest absolute Gasteiger partial charge is 0.390 e. The Balaban J connectivity index is 1.67. The first-order chi connectivity index (χ1) is 15.5. The Hall–Kier alpha value is -1.97. The van der Waals surface area contributed by atoms with E-state index in [0.29, 0.717) is 10.0 Å². The Bertz CT molecular complexity index is 1070. The van der Waals surface area contributed by atoms with Crippen molar-refractivity contribution >= 4 is 34.8 Å². The number of allylic oxidation sites excluding steroid dienone is 1. The van der Waals surface area contributed by atoms with Crippen LogP contribution in [0.1, 0.15) is 48.0 Å². The number of aryl methyl sites for hydroxylation is 1. The van der Waals surface area contributed by atoms with Crippen molar-refractivity contribution in [1.82, 2.24) is 10.6 Å². The molecule has 1 aliphatic carbocycles. The summed E-state index contributed by atoms with van der Waals surface area (Å²) in [6.45, 7) is 0. The molecule has 0 unspecified atom stereocenters. The summed E-state index contributed by atoms with van der Waals surface area (Å²) in [6, 6.07) is 24.5. The van der Waals surface area contributed by atoms with Crippen LogP contribution in [0.2, 0.25) is 15.1 Å². The quantitative estimate of drug-likeness (QED) is 0.321. The summed E-state index contributed by atoms with van der Waals surface area (Å²) in [4.78, 5) is 0. The molecule has 1 saturated carbocycles. The second-order valence-electron chi connectivity index (χ2n) is 8.16. The lowest BCUT2D eigenvalue weighted by Gasteiger charge is -2.29. The Morgan fingerprint density at radius 2 is 1.56 bits per heavy atom. The third kappa shape index (κ3) is 5.88. The molecule has 0 bridgehead atoms. The molecule has 0 radical (unpaired) electrons. The maximum absolute atomic E-state index is 6.68. The van der Waals surface area contributed by atoms with Crippen LogP contribution in [0.3, 0.4) is 0 Å². The molecule has 0 aliphatic heterocycles. The van der Waals surface area contributed by atoms with E-state index in [-0.39, 0.29) is 12.1 Å². The van der Waals surface area contributed by atoms with Gasteiger partial charge in [0.05, 0.1) is 6.04 Å². The zero-order valence-electron chi connectivity index (χ0n) is 18.0. The Morgan fingerprint density at radius 3 is 2.19 bits per heavy atom. The van der Waals surface area contributed by atoms with Gasteiger partial charge in [-0.2, -0.15) is 0 Å². The predicted molar refractivity (Wildman–Crippen MR) is 137 cm³/mol. The minimum Gasteiger partial charge on any atom is -0.390 e. The molecule has 3 aromatic carbocycles. The Kier molecular flexibility index (Phi) is 7.80. The fraction of sp³-hybridized carbons (Fsp3) is 0.259. The van der Waals surface area contributed by atoms with Crippen molar-refractivity contribution in [3.05, 3.63) is 116 Å². The summed E-state index contributed by atoms with van der Waals surface area (Å²) >= 11 is 18.9. The molecule has 0 amide bonds. The molecule has 32 heavy (non-hydrogen) atoms. The lowest BCUT2D eigenvalue weighted by molar-refractivity contribution is 0.444. The van der Waals surface area contributed by atoms with E-state index >= 15 is 0 Å². The Labute approximate surface area is 205 Å². The summed E-state index contributed by atoms with van der Waals surface area (Å²) < 4.78 is 0. The molecule has 0 aromatic heterocycles. The van der Waals surface area contributed by atoms with E-state index in [9.17, 15) is 0 Å². The highest BCUT2D eigenvalue weighted by Gasteiger charge is 2.28. The number of hydrogen-bond acceptors (Lipinski definition) is 2. The average molecular weight is 486 g/mol. The molecule has 0 saturated heterocycles. The number of nitrogens with one attached hydrogen (secondary N) is 2. The van der Waals surface area contributed by atoms with Gasteiger partial charge < -0.3 is 5.32 Å². The highest BCUT2D eigenvalue weighted by atomic mass is 35.5. The number of halogens is 3. The molecule has 4 rings (SSSR count). The third-order valence-corrected chi connectivity index (χ3v) is 6.73. The standard InChI is InChI=1S/C27H27Cl3N2/c1-31-26(20-10-11-20)27(19-5-3-2-4-6-19)32-25(23-15-14-22(29)17-24(23)30)16-9-18-7-12-21(28)13-8-18/h2-8,12-15,17,25,27,31-32H,9-11,16H2,1H3/t25-,27+/m0/s1. The van der Waals surface area contributed by atoms with E-state index < -0.39 is 0 Å². The van der Waals surface area contributed by atoms with Gasteiger partial charge in [-0.3, -0.25) is 5.32 Å². The SMILES string of the molecule is CNC(=C1CC1)[C@H](N[C@@H](CCc1ccc(Cl)cc1)c1ccc(Cl)cc1Cl)c1ccccc1. The van der Waals surface area contributed by atoms with Crippen molar-refractivity contribution in [2.24, 2.45) is 0 Å². The maximum Gasteiger partial charge on any atom is 0.0729 e. The van der Waals surface area contributed by atoms with E-state index in [0.717, 1.165) is 36.3 Å². The zero-order valence-corrected chi connectivity index (χ0v) is 20.3. The monoisotopic (exact) mass is 484 g/mol. The van der Waals surface area contributed by atoms with Crippen LogP contribution in [-0.4, -0.2) is 7.05 Å². The lowest BCUT2D eigenvalue weighted by Crippen LogP contribution is -2.32. The second kappa shape index (κ2) is 10.8. The molecule has 2 N–H and O–H groups in total. The van der Waals surface area contributed by atoms with Gasteiger partial charge in [-0.05, 0) is 72.2 Å². The number of rotatable bonds is 9. The van der Waals surface area contributed by atoms with Gasteiger partial charge in [0.2, 0.25) is 0 Å². The van der Waals surface area contributed by atoms with Gasteiger partial charge in [-0.25, -0.2) is 0 Å². The van der Waals surface area contributed by atoms with E-state index in [2.05, 4.69) is 53.1 Å². The van der Waals surface area contributed by atoms with Gasteiger partial charge >= 0.3 is 0 Å². The summed E-state index contributed by atoms with van der Waals surface area (Å²) in [5.41, 5.74) is 6.28. The maximum atomic E-state index is 6.68. The van der Waals surface area contributed by atoms with Gasteiger partial charge in [0.25, 0.3) is 0 Å². The van der Waals surface area contributed by atoms with E-state index in [1.807, 2.05) is 37.4 Å². The number of benzene rings is 3. The summed E-state index contributed by atoms with van der Waals surface area (Å²) in [5.74, 6) is 0. The molecule has 1 aliphatic rings. The van der Waals surface area contributed by atoms with Crippen LogP contribution in [0, 0.1) is 0 Å². The average Bonchev–Trinajstić information content (AvgIpc) is 3.63. The highest BCUT2D eigenvalue weighted by Crippen LogP contribution is 2.38. The minimum atomic E-state index is 0.0448. The fourth-order valence-corrected chi connectivity index (χ4v) is 4.79. The van der Waals surface area contributed by atoms with Crippen LogP contribution in [0.25, 0.3) is 0 Å². The highest BCUT2D eigenvalue weighted by molar-refractivity contribution is 6.35. The molecule has 2 atom stereocenters. The zero-order chi connectivity index (χ0) is 22.5. The van der Waals surface area contributed by atoms with Crippen molar-refractivity contribution < 1.29 is 0 Å². The van der Waals surface area contributed by atoms with Crippen molar-refractivity contribution in [2.45, 2.75) is 37.8 Å². The molecule has 2 nitrogen and oxygen atoms in total. The second-order valence-corrected chi connectivity index (χ2v) is 9.44. The number of likely N-dealkylation sites (N-methyl/N-ethyl adjacent to an activating group) is 1. The smallest absolute Gasteiger partial charge is 0.0729 e. The molecular weight excluding hydrogens is 459 g/mol. The lowest BCUT2D eigenvalue weighted by atomic mass is 9.95. The predicted octanol–water partition coefficient (Wildman–Crippen LogP) is 7.92. The van der Waals surface area contributed by atoms with Crippen LogP contribution in [0.4, 0.5) is 0 Å². The van der Waals surface area contributed by atoms with Gasteiger partial charge in [-0.1, -0.05) is 83.3 Å². The first-order valence-electron chi connectivity index (χ1n) is 10.9. The molecule has 3 aromatic rings. The minimum absolute atomic E-state index is 0.0448. The molecule has 5 heteroatoms. The van der Waals surface area contributed by atoms with Crippen LogP contribution in [0.5, 0.6) is 0 Å². The van der Waals surface area contributed by atoms with Crippen molar-refractivity contribution in [3.63, 3.8) is 0 Å². The van der Waals surface area contributed by atoms with E-state index in [1.54, 1.807) is 0 Å². The summed E-state index contributed by atoms with van der Waals surface area (Å²) in [7, 11) is 2.01. The summed E-state index contributed by atoms with van der Waals surface area (Å²) in [6.07, 6.45) is 4.09. The van der Waals surface area contributed by atoms with Gasteiger partial charge in [0, 0.05) is 33.9 Å². The summed E-state index contributed by atoms with van der Waals surface area (Å²) in [5, 5.41) is 9.48. The van der Waals surface area contributed by atoms with Crippen molar-refractivity contribution in [3.8, 4) is 0 Å². The van der Waals surface area contributed by atoms with E-state index in [1.165, 1.54) is 22.4 Å². The van der Waals surface area contributed by atoms with Crippen molar-refractivity contribution in [2.75, 3.05) is 7.05 Å². The van der Waals surface area contributed by atoms with E-state index in [4.69, 9.17) is 34.8 Å². The van der Waals surface area contributed by atoms with Crippen molar-refractivity contribution in [1.29, 1.82) is 0 Å². The molecule has 1 fully saturated rings. The fourth-order valence-electron chi connectivity index (χ4n) is 4.12. The molecule has 166 valence electrons. The third-order valence-electron chi connectivity index (χ3n) is 5.91. The Morgan fingerprint density at radius 1 is 0.875 bits per heavy atom. The van der Waals surface area contributed by atoms with Crippen LogP contribution in [-0.2, 0) is 6.42 Å². The van der Waals surface area contributed by atoms with Gasteiger partial charge in [0.15, 0.2) is 0 Å². The first kappa shape index (κ1) is 23.2. The first-order valence-corrected chi connectivity index (χ1v) is 12.1. The normalized spacial score (nSPS) is 14.7. The molecule has 0 heterocycles. The van der Waals surface area contributed by atoms with Crippen LogP contribution >= 0.6 is 34.8 Å². The molecular formula is C27H27Cl3N2. The van der Waals surface area contributed by atoms with Crippen LogP contribution in [0.15, 0.2) is 84.1 Å². The van der Waals surface area contributed by atoms with Gasteiger partial charge in [-0.15, -0.1) is 0 Å². The molecule has 0 spiro atoms.